The van der Waals surface area contributed by atoms with Crippen LogP contribution in [0.3, 0.4) is 0 Å². The standard InChI is InChI=1S/C12H13N3O2S/c1-3-17-10-7-5-4-6-9(10)13-12(16)11-8(2)14-15-18-11/h4-7H,3H2,1-2H3,(H,13,16). The van der Waals surface area contributed by atoms with Crippen LogP contribution in [0.15, 0.2) is 24.3 Å². The van der Waals surface area contributed by atoms with Gasteiger partial charge in [-0.1, -0.05) is 16.6 Å². The van der Waals surface area contributed by atoms with Crippen molar-refractivity contribution in [2.45, 2.75) is 13.8 Å². The second-order valence-electron chi connectivity index (χ2n) is 3.57. The van der Waals surface area contributed by atoms with Gasteiger partial charge in [0.15, 0.2) is 0 Å². The molecule has 1 heterocycles. The van der Waals surface area contributed by atoms with Crippen molar-refractivity contribution in [2.75, 3.05) is 11.9 Å². The number of amides is 1. The van der Waals surface area contributed by atoms with Gasteiger partial charge >= 0.3 is 0 Å². The van der Waals surface area contributed by atoms with Crippen molar-refractivity contribution >= 4 is 23.1 Å². The fraction of sp³-hybridized carbons (Fsp3) is 0.250. The topological polar surface area (TPSA) is 64.1 Å². The van der Waals surface area contributed by atoms with Crippen LogP contribution in [0.5, 0.6) is 5.75 Å². The molecule has 0 unspecified atom stereocenters. The molecular weight excluding hydrogens is 250 g/mol. The third kappa shape index (κ3) is 2.65. The van der Waals surface area contributed by atoms with Gasteiger partial charge in [0.05, 0.1) is 18.0 Å². The number of anilines is 1. The number of carbonyl (C=O) groups is 1. The van der Waals surface area contributed by atoms with Crippen molar-refractivity contribution in [3.05, 3.63) is 34.8 Å². The van der Waals surface area contributed by atoms with E-state index < -0.39 is 0 Å². The van der Waals surface area contributed by atoms with E-state index >= 15 is 0 Å². The van der Waals surface area contributed by atoms with E-state index in [2.05, 4.69) is 14.9 Å². The predicted molar refractivity (Wildman–Crippen MR) is 70.2 cm³/mol. The first-order valence-corrected chi connectivity index (χ1v) is 6.32. The number of aryl methyl sites for hydroxylation is 1. The van der Waals surface area contributed by atoms with Crippen molar-refractivity contribution in [2.24, 2.45) is 0 Å². The lowest BCUT2D eigenvalue weighted by atomic mass is 10.2. The lowest BCUT2D eigenvalue weighted by Gasteiger charge is -2.10. The Kier molecular flexibility index (Phi) is 3.88. The second kappa shape index (κ2) is 5.59. The van der Waals surface area contributed by atoms with Crippen molar-refractivity contribution in [1.29, 1.82) is 0 Å². The van der Waals surface area contributed by atoms with Gasteiger partial charge in [-0.25, -0.2) is 0 Å². The molecule has 6 heteroatoms. The van der Waals surface area contributed by atoms with Crippen molar-refractivity contribution < 1.29 is 9.53 Å². The third-order valence-electron chi connectivity index (χ3n) is 2.29. The SMILES string of the molecule is CCOc1ccccc1NC(=O)c1snnc1C. The summed E-state index contributed by atoms with van der Waals surface area (Å²) in [5.41, 5.74) is 1.28. The van der Waals surface area contributed by atoms with Gasteiger partial charge in [0.2, 0.25) is 0 Å². The van der Waals surface area contributed by atoms with E-state index in [1.165, 1.54) is 0 Å². The van der Waals surface area contributed by atoms with Gasteiger partial charge < -0.3 is 10.1 Å². The summed E-state index contributed by atoms with van der Waals surface area (Å²) in [4.78, 5) is 12.5. The summed E-state index contributed by atoms with van der Waals surface area (Å²) in [7, 11) is 0. The van der Waals surface area contributed by atoms with Crippen LogP contribution in [0.2, 0.25) is 0 Å². The number of benzene rings is 1. The summed E-state index contributed by atoms with van der Waals surface area (Å²) in [6.45, 7) is 4.21. The Hall–Kier alpha value is -1.95. The monoisotopic (exact) mass is 263 g/mol. The maximum absolute atomic E-state index is 12.0. The minimum atomic E-state index is -0.213. The third-order valence-corrected chi connectivity index (χ3v) is 3.12. The fourth-order valence-electron chi connectivity index (χ4n) is 1.47. The minimum Gasteiger partial charge on any atom is -0.492 e. The van der Waals surface area contributed by atoms with Crippen LogP contribution in [-0.2, 0) is 0 Å². The molecule has 5 nitrogen and oxygen atoms in total. The molecule has 94 valence electrons. The highest BCUT2D eigenvalue weighted by molar-refractivity contribution is 7.08. The van der Waals surface area contributed by atoms with Crippen molar-refractivity contribution in [3.63, 3.8) is 0 Å². The number of aromatic nitrogens is 2. The summed E-state index contributed by atoms with van der Waals surface area (Å²) in [6, 6.07) is 7.32. The number of ether oxygens (including phenoxy) is 1. The average molecular weight is 263 g/mol. The molecule has 1 aromatic heterocycles. The van der Waals surface area contributed by atoms with Gasteiger partial charge in [0.1, 0.15) is 10.6 Å². The molecular formula is C12H13N3O2S. The quantitative estimate of drug-likeness (QED) is 0.920. The van der Waals surface area contributed by atoms with Crippen molar-refractivity contribution in [3.8, 4) is 5.75 Å². The van der Waals surface area contributed by atoms with Crippen LogP contribution < -0.4 is 10.1 Å². The van der Waals surface area contributed by atoms with Gasteiger partial charge in [0.25, 0.3) is 5.91 Å². The Bertz CT molecular complexity index is 554. The number of hydrogen-bond donors (Lipinski definition) is 1. The molecule has 18 heavy (non-hydrogen) atoms. The number of carbonyl (C=O) groups excluding carboxylic acids is 1. The normalized spacial score (nSPS) is 10.1. The maximum atomic E-state index is 12.0. The Morgan fingerprint density at radius 2 is 2.22 bits per heavy atom. The van der Waals surface area contributed by atoms with Gasteiger partial charge in [-0.15, -0.1) is 5.10 Å². The number of para-hydroxylation sites is 2. The van der Waals surface area contributed by atoms with E-state index in [0.29, 0.717) is 28.6 Å². The molecule has 0 aliphatic carbocycles. The fourth-order valence-corrected chi connectivity index (χ4v) is 2.02. The molecule has 0 saturated heterocycles. The molecule has 0 spiro atoms. The summed E-state index contributed by atoms with van der Waals surface area (Å²) < 4.78 is 9.19. The molecule has 0 saturated carbocycles. The summed E-state index contributed by atoms with van der Waals surface area (Å²) >= 11 is 1.08. The Morgan fingerprint density at radius 1 is 1.44 bits per heavy atom. The number of nitrogens with one attached hydrogen (secondary N) is 1. The van der Waals surface area contributed by atoms with E-state index in [-0.39, 0.29) is 5.91 Å². The molecule has 0 radical (unpaired) electrons. The van der Waals surface area contributed by atoms with Gasteiger partial charge in [-0.05, 0) is 37.5 Å². The Morgan fingerprint density at radius 3 is 2.89 bits per heavy atom. The highest BCUT2D eigenvalue weighted by Crippen LogP contribution is 2.24. The van der Waals surface area contributed by atoms with E-state index in [9.17, 15) is 4.79 Å². The summed E-state index contributed by atoms with van der Waals surface area (Å²) in [5.74, 6) is 0.443. The number of rotatable bonds is 4. The molecule has 2 aromatic rings. The van der Waals surface area contributed by atoms with Crippen LogP contribution in [0, 0.1) is 6.92 Å². The first kappa shape index (κ1) is 12.5. The van der Waals surface area contributed by atoms with Crippen LogP contribution in [0.4, 0.5) is 5.69 Å². The molecule has 0 bridgehead atoms. The van der Waals surface area contributed by atoms with Crippen LogP contribution >= 0.6 is 11.5 Å². The zero-order chi connectivity index (χ0) is 13.0. The zero-order valence-electron chi connectivity index (χ0n) is 10.1. The lowest BCUT2D eigenvalue weighted by Crippen LogP contribution is -2.12. The maximum Gasteiger partial charge on any atom is 0.269 e. The molecule has 1 aromatic carbocycles. The van der Waals surface area contributed by atoms with Gasteiger partial charge in [-0.2, -0.15) is 0 Å². The molecule has 0 fully saturated rings. The van der Waals surface area contributed by atoms with E-state index in [0.717, 1.165) is 11.5 Å². The Balaban J connectivity index is 2.19. The van der Waals surface area contributed by atoms with E-state index in [1.807, 2.05) is 25.1 Å². The molecule has 1 amide bonds. The predicted octanol–water partition coefficient (Wildman–Crippen LogP) is 2.50. The molecule has 0 aliphatic heterocycles. The smallest absolute Gasteiger partial charge is 0.269 e. The highest BCUT2D eigenvalue weighted by atomic mass is 32.1. The van der Waals surface area contributed by atoms with E-state index in [1.54, 1.807) is 13.0 Å². The summed E-state index contributed by atoms with van der Waals surface area (Å²) in [6.07, 6.45) is 0. The lowest BCUT2D eigenvalue weighted by molar-refractivity contribution is 0.102. The second-order valence-corrected chi connectivity index (χ2v) is 4.32. The van der Waals surface area contributed by atoms with Gasteiger partial charge in [0, 0.05) is 0 Å². The molecule has 2 rings (SSSR count). The van der Waals surface area contributed by atoms with Crippen LogP contribution in [0.25, 0.3) is 0 Å². The van der Waals surface area contributed by atoms with Crippen LogP contribution in [-0.4, -0.2) is 22.1 Å². The molecule has 0 aliphatic rings. The van der Waals surface area contributed by atoms with E-state index in [4.69, 9.17) is 4.74 Å². The van der Waals surface area contributed by atoms with Gasteiger partial charge in [-0.3, -0.25) is 4.79 Å². The number of nitrogens with zero attached hydrogens (tertiary/aromatic N) is 2. The zero-order valence-corrected chi connectivity index (χ0v) is 11.0. The largest absolute Gasteiger partial charge is 0.492 e. The molecule has 0 atom stereocenters. The minimum absolute atomic E-state index is 0.213. The summed E-state index contributed by atoms with van der Waals surface area (Å²) in [5, 5.41) is 6.62. The molecule has 1 N–H and O–H groups in total. The Labute approximate surface area is 109 Å². The first-order chi connectivity index (χ1) is 8.72. The van der Waals surface area contributed by atoms with Crippen LogP contribution in [0.1, 0.15) is 22.3 Å². The number of hydrogen-bond acceptors (Lipinski definition) is 5. The average Bonchev–Trinajstić information content (AvgIpc) is 2.78. The first-order valence-electron chi connectivity index (χ1n) is 5.54. The van der Waals surface area contributed by atoms with Crippen molar-refractivity contribution in [1.82, 2.24) is 9.59 Å². The highest BCUT2D eigenvalue weighted by Gasteiger charge is 2.14.